The molecule has 1 aromatic rings. The van der Waals surface area contributed by atoms with Gasteiger partial charge in [0.05, 0.1) is 5.69 Å². The van der Waals surface area contributed by atoms with Gasteiger partial charge in [0.1, 0.15) is 0 Å². The van der Waals surface area contributed by atoms with Crippen LogP contribution in [0.2, 0.25) is 0 Å². The van der Waals surface area contributed by atoms with Crippen molar-refractivity contribution < 1.29 is 4.79 Å². The number of nitrogens with one attached hydrogen (secondary N) is 3. The maximum absolute atomic E-state index is 11.6. The lowest BCUT2D eigenvalue weighted by Crippen LogP contribution is -2.20. The molecule has 0 aromatic heterocycles. The molecule has 0 saturated heterocycles. The van der Waals surface area contributed by atoms with E-state index in [2.05, 4.69) is 16.1 Å². The maximum Gasteiger partial charge on any atom is 0.250 e. The Morgan fingerprint density at radius 1 is 1.26 bits per heavy atom. The van der Waals surface area contributed by atoms with Gasteiger partial charge in [-0.1, -0.05) is 24.3 Å². The van der Waals surface area contributed by atoms with Crippen LogP contribution in [0.25, 0.3) is 0 Å². The second-order valence-corrected chi connectivity index (χ2v) is 4.76. The molecule has 0 aliphatic carbocycles. The third-order valence-corrected chi connectivity index (χ3v) is 3.32. The van der Waals surface area contributed by atoms with E-state index in [0.717, 1.165) is 23.4 Å². The first-order valence-corrected chi connectivity index (χ1v) is 7.43. The van der Waals surface area contributed by atoms with Gasteiger partial charge >= 0.3 is 0 Å². The lowest BCUT2D eigenvalue weighted by Gasteiger charge is -2.10. The van der Waals surface area contributed by atoms with Gasteiger partial charge in [0, 0.05) is 31.1 Å². The van der Waals surface area contributed by atoms with Gasteiger partial charge in [0.25, 0.3) is 5.91 Å². The fourth-order valence-corrected chi connectivity index (χ4v) is 2.02. The molecule has 1 rings (SSSR count). The standard InChI is InChI=1S/C17H25N5O/c1-3-13(17(23)20-2)8-9-15(12-18)21-11-10-14-6-4-5-7-16(14)22-19/h3-9,12,21-22H,10-11,18-19H2,1-2H3,(H,20,23)/b9-8-,13-3+,15-12-. The van der Waals surface area contributed by atoms with Gasteiger partial charge in [0.15, 0.2) is 0 Å². The number of carbonyl (C=O) groups is 1. The summed E-state index contributed by atoms with van der Waals surface area (Å²) in [6.07, 6.45) is 7.50. The Hall–Kier alpha value is -2.73. The van der Waals surface area contributed by atoms with E-state index in [1.54, 1.807) is 25.3 Å². The summed E-state index contributed by atoms with van der Waals surface area (Å²) in [7, 11) is 1.60. The third-order valence-electron chi connectivity index (χ3n) is 3.32. The van der Waals surface area contributed by atoms with Gasteiger partial charge in [-0.25, -0.2) is 0 Å². The number of amides is 1. The molecule has 0 unspecified atom stereocenters. The van der Waals surface area contributed by atoms with E-state index >= 15 is 0 Å². The smallest absolute Gasteiger partial charge is 0.250 e. The second kappa shape index (κ2) is 10.1. The molecule has 0 atom stereocenters. The normalized spacial score (nSPS) is 12.3. The zero-order valence-corrected chi connectivity index (χ0v) is 13.6. The molecule has 0 bridgehead atoms. The Morgan fingerprint density at radius 2 is 2.00 bits per heavy atom. The summed E-state index contributed by atoms with van der Waals surface area (Å²) in [6.45, 7) is 2.50. The Balaban J connectivity index is 2.60. The summed E-state index contributed by atoms with van der Waals surface area (Å²) >= 11 is 0. The van der Waals surface area contributed by atoms with Gasteiger partial charge < -0.3 is 21.8 Å². The largest absolute Gasteiger partial charge is 0.403 e. The molecule has 7 N–H and O–H groups in total. The van der Waals surface area contributed by atoms with Crippen molar-refractivity contribution in [2.24, 2.45) is 11.6 Å². The van der Waals surface area contributed by atoms with Crippen LogP contribution in [0.1, 0.15) is 12.5 Å². The van der Waals surface area contributed by atoms with E-state index in [1.165, 1.54) is 6.20 Å². The highest BCUT2D eigenvalue weighted by atomic mass is 16.1. The lowest BCUT2D eigenvalue weighted by atomic mass is 10.1. The monoisotopic (exact) mass is 315 g/mol. The molecule has 1 aromatic carbocycles. The summed E-state index contributed by atoms with van der Waals surface area (Å²) in [5, 5.41) is 5.81. The number of likely N-dealkylation sites (N-methyl/N-ethyl adjacent to an activating group) is 1. The first kappa shape index (κ1) is 18.3. The highest BCUT2D eigenvalue weighted by Gasteiger charge is 2.02. The van der Waals surface area contributed by atoms with Gasteiger partial charge in [-0.15, -0.1) is 0 Å². The quantitative estimate of drug-likeness (QED) is 0.214. The number of carbonyl (C=O) groups excluding carboxylic acids is 1. The van der Waals surface area contributed by atoms with Crippen LogP contribution in [-0.4, -0.2) is 19.5 Å². The van der Waals surface area contributed by atoms with Crippen LogP contribution >= 0.6 is 0 Å². The van der Waals surface area contributed by atoms with Crippen LogP contribution < -0.4 is 27.6 Å². The number of allylic oxidation sites excluding steroid dienone is 2. The Kier molecular flexibility index (Phi) is 8.02. The highest BCUT2D eigenvalue weighted by Crippen LogP contribution is 2.13. The van der Waals surface area contributed by atoms with Crippen LogP contribution in [0.15, 0.2) is 60.0 Å². The van der Waals surface area contributed by atoms with E-state index in [0.29, 0.717) is 12.1 Å². The highest BCUT2D eigenvalue weighted by molar-refractivity contribution is 5.95. The molecule has 0 aliphatic heterocycles. The number of nitrogens with two attached hydrogens (primary N) is 2. The molecule has 124 valence electrons. The van der Waals surface area contributed by atoms with Crippen molar-refractivity contribution in [3.05, 3.63) is 65.5 Å². The molecule has 23 heavy (non-hydrogen) atoms. The minimum atomic E-state index is -0.136. The molecule has 0 heterocycles. The van der Waals surface area contributed by atoms with E-state index in [-0.39, 0.29) is 5.91 Å². The van der Waals surface area contributed by atoms with Gasteiger partial charge in [-0.05, 0) is 37.1 Å². The molecular weight excluding hydrogens is 290 g/mol. The summed E-state index contributed by atoms with van der Waals surface area (Å²) in [4.78, 5) is 11.6. The van der Waals surface area contributed by atoms with E-state index in [1.807, 2.05) is 31.2 Å². The zero-order chi connectivity index (χ0) is 17.1. The number of anilines is 1. The predicted molar refractivity (Wildman–Crippen MR) is 95.2 cm³/mol. The van der Waals surface area contributed by atoms with Crippen molar-refractivity contribution in [1.29, 1.82) is 0 Å². The van der Waals surface area contributed by atoms with Gasteiger partial charge in [-0.3, -0.25) is 10.6 Å². The number of para-hydroxylation sites is 1. The molecule has 0 spiro atoms. The molecule has 0 saturated carbocycles. The number of rotatable bonds is 8. The molecule has 0 radical (unpaired) electrons. The number of hydrazine groups is 1. The predicted octanol–water partition coefficient (Wildman–Crippen LogP) is 1.15. The molecule has 1 amide bonds. The van der Waals surface area contributed by atoms with Crippen LogP contribution in [0, 0.1) is 0 Å². The van der Waals surface area contributed by atoms with Crippen molar-refractivity contribution in [2.45, 2.75) is 13.3 Å². The van der Waals surface area contributed by atoms with Crippen LogP contribution in [-0.2, 0) is 11.2 Å². The molecule has 6 heteroatoms. The maximum atomic E-state index is 11.6. The fourth-order valence-electron chi connectivity index (χ4n) is 2.02. The number of nitrogen functional groups attached to an aromatic ring is 1. The summed E-state index contributed by atoms with van der Waals surface area (Å²) in [6, 6.07) is 7.84. The van der Waals surface area contributed by atoms with Crippen molar-refractivity contribution in [1.82, 2.24) is 10.6 Å². The lowest BCUT2D eigenvalue weighted by molar-refractivity contribution is -0.116. The van der Waals surface area contributed by atoms with Crippen molar-refractivity contribution in [3.63, 3.8) is 0 Å². The van der Waals surface area contributed by atoms with Crippen molar-refractivity contribution in [2.75, 3.05) is 19.0 Å². The summed E-state index contributed by atoms with van der Waals surface area (Å²) < 4.78 is 0. The van der Waals surface area contributed by atoms with E-state index in [9.17, 15) is 4.79 Å². The van der Waals surface area contributed by atoms with Gasteiger partial charge in [-0.2, -0.15) is 0 Å². The van der Waals surface area contributed by atoms with Crippen molar-refractivity contribution in [3.8, 4) is 0 Å². The van der Waals surface area contributed by atoms with Crippen LogP contribution in [0.4, 0.5) is 5.69 Å². The summed E-state index contributed by atoms with van der Waals surface area (Å²) in [5.74, 6) is 5.35. The zero-order valence-electron chi connectivity index (χ0n) is 13.6. The number of hydrogen-bond acceptors (Lipinski definition) is 5. The molecule has 0 aliphatic rings. The van der Waals surface area contributed by atoms with Crippen molar-refractivity contribution >= 4 is 11.6 Å². The van der Waals surface area contributed by atoms with Crippen LogP contribution in [0.3, 0.4) is 0 Å². The average Bonchev–Trinajstić information content (AvgIpc) is 2.60. The third kappa shape index (κ3) is 5.88. The minimum Gasteiger partial charge on any atom is -0.403 e. The summed E-state index contributed by atoms with van der Waals surface area (Å²) in [5.41, 5.74) is 11.6. The molecule has 6 nitrogen and oxygen atoms in total. The Labute approximate surface area is 137 Å². The first-order valence-electron chi connectivity index (χ1n) is 7.43. The number of benzene rings is 1. The fraction of sp³-hybridized carbons (Fsp3) is 0.235. The first-order chi connectivity index (χ1) is 11.2. The molecule has 0 fully saturated rings. The van der Waals surface area contributed by atoms with E-state index in [4.69, 9.17) is 11.6 Å². The number of hydrogen-bond donors (Lipinski definition) is 5. The van der Waals surface area contributed by atoms with Gasteiger partial charge in [0.2, 0.25) is 0 Å². The average molecular weight is 315 g/mol. The minimum absolute atomic E-state index is 0.136. The SMILES string of the molecule is C\C=C(/C=C\C(=C\N)NCCc1ccccc1NN)C(=O)NC. The Bertz CT molecular complexity index is 605. The Morgan fingerprint density at radius 3 is 2.61 bits per heavy atom. The second-order valence-electron chi connectivity index (χ2n) is 4.76. The topological polar surface area (TPSA) is 105 Å². The molecular formula is C17H25N5O. The van der Waals surface area contributed by atoms with E-state index < -0.39 is 0 Å². The van der Waals surface area contributed by atoms with Crippen LogP contribution in [0.5, 0.6) is 0 Å².